The second-order valence-electron chi connectivity index (χ2n) is 6.33. The fraction of sp³-hybridized carbons (Fsp3) is 0.222. The summed E-state index contributed by atoms with van der Waals surface area (Å²) in [6.07, 6.45) is 0. The summed E-state index contributed by atoms with van der Waals surface area (Å²) < 4.78 is 0. The quantitative estimate of drug-likeness (QED) is 0.432. The molecule has 0 spiro atoms. The van der Waals surface area contributed by atoms with E-state index in [-0.39, 0.29) is 38.7 Å². The number of rotatable bonds is 8. The van der Waals surface area contributed by atoms with Gasteiger partial charge in [0.05, 0.1) is 16.7 Å². The number of fused-ring (bicyclic) bond motifs is 1. The van der Waals surface area contributed by atoms with Crippen LogP contribution in [-0.4, -0.2) is 66.1 Å². The molecule has 0 fully saturated rings. The Hall–Kier alpha value is -3.66. The van der Waals surface area contributed by atoms with Crippen LogP contribution in [0.4, 0.5) is 5.69 Å². The SMILES string of the molecule is CN(C)CCNc1cc(C(N)=O)c2c(C(=O)O)ccc(C(=O)O)c2c1C(N)=O. The van der Waals surface area contributed by atoms with E-state index >= 15 is 0 Å². The Kier molecular flexibility index (Phi) is 5.84. The van der Waals surface area contributed by atoms with Crippen LogP contribution >= 0.6 is 0 Å². The lowest BCUT2D eigenvalue weighted by Crippen LogP contribution is -2.24. The van der Waals surface area contributed by atoms with Crippen molar-refractivity contribution in [3.05, 3.63) is 40.5 Å². The number of hydrogen-bond acceptors (Lipinski definition) is 6. The summed E-state index contributed by atoms with van der Waals surface area (Å²) in [5.74, 6) is -4.77. The summed E-state index contributed by atoms with van der Waals surface area (Å²) in [5, 5.41) is 21.5. The second-order valence-corrected chi connectivity index (χ2v) is 6.33. The summed E-state index contributed by atoms with van der Waals surface area (Å²) in [7, 11) is 3.65. The van der Waals surface area contributed by atoms with Crippen molar-refractivity contribution >= 4 is 40.2 Å². The van der Waals surface area contributed by atoms with Crippen molar-refractivity contribution in [1.29, 1.82) is 0 Å². The molecule has 0 atom stereocenters. The first-order valence-electron chi connectivity index (χ1n) is 8.14. The van der Waals surface area contributed by atoms with Gasteiger partial charge in [0.15, 0.2) is 0 Å². The van der Waals surface area contributed by atoms with Gasteiger partial charge in [-0.25, -0.2) is 9.59 Å². The number of nitrogens with zero attached hydrogens (tertiary/aromatic N) is 1. The minimum atomic E-state index is -1.41. The number of anilines is 1. The highest BCUT2D eigenvalue weighted by molar-refractivity contribution is 6.25. The number of carbonyl (C=O) groups excluding carboxylic acids is 2. The van der Waals surface area contributed by atoms with Crippen molar-refractivity contribution in [2.24, 2.45) is 11.5 Å². The van der Waals surface area contributed by atoms with E-state index in [2.05, 4.69) is 5.32 Å². The Morgan fingerprint density at radius 2 is 1.46 bits per heavy atom. The van der Waals surface area contributed by atoms with E-state index < -0.39 is 23.8 Å². The van der Waals surface area contributed by atoms with Gasteiger partial charge in [0.25, 0.3) is 5.91 Å². The van der Waals surface area contributed by atoms with Gasteiger partial charge in [-0.05, 0) is 32.3 Å². The predicted molar refractivity (Wildman–Crippen MR) is 102 cm³/mol. The van der Waals surface area contributed by atoms with E-state index in [1.165, 1.54) is 6.07 Å². The molecule has 0 heterocycles. The van der Waals surface area contributed by atoms with Gasteiger partial charge in [0.2, 0.25) is 5.91 Å². The summed E-state index contributed by atoms with van der Waals surface area (Å²) in [6, 6.07) is 3.32. The van der Waals surface area contributed by atoms with Gasteiger partial charge in [0, 0.05) is 35.1 Å². The number of primary amides is 2. The molecule has 7 N–H and O–H groups in total. The topological polar surface area (TPSA) is 176 Å². The highest BCUT2D eigenvalue weighted by Gasteiger charge is 2.26. The maximum Gasteiger partial charge on any atom is 0.336 e. The summed E-state index contributed by atoms with van der Waals surface area (Å²) in [6.45, 7) is 0.904. The third-order valence-corrected chi connectivity index (χ3v) is 4.13. The molecule has 0 bridgehead atoms. The molecule has 2 amide bonds. The number of carboxylic acid groups (broad SMARTS) is 2. The number of carbonyl (C=O) groups is 4. The number of amides is 2. The zero-order valence-electron chi connectivity index (χ0n) is 15.3. The van der Waals surface area contributed by atoms with Gasteiger partial charge in [0.1, 0.15) is 0 Å². The number of hydrogen-bond donors (Lipinski definition) is 5. The molecule has 28 heavy (non-hydrogen) atoms. The Morgan fingerprint density at radius 3 is 1.89 bits per heavy atom. The van der Waals surface area contributed by atoms with Crippen molar-refractivity contribution in [1.82, 2.24) is 4.90 Å². The van der Waals surface area contributed by atoms with Gasteiger partial charge in [-0.15, -0.1) is 0 Å². The molecule has 2 rings (SSSR count). The monoisotopic (exact) mass is 388 g/mol. The van der Waals surface area contributed by atoms with E-state index in [1.807, 2.05) is 19.0 Å². The average Bonchev–Trinajstić information content (AvgIpc) is 2.58. The second kappa shape index (κ2) is 7.92. The number of aromatic carboxylic acids is 2. The molecule has 0 unspecified atom stereocenters. The largest absolute Gasteiger partial charge is 0.478 e. The maximum absolute atomic E-state index is 12.2. The molecule has 0 aromatic heterocycles. The van der Waals surface area contributed by atoms with Crippen LogP contribution < -0.4 is 16.8 Å². The van der Waals surface area contributed by atoms with Crippen LogP contribution in [-0.2, 0) is 0 Å². The number of nitrogens with two attached hydrogens (primary N) is 2. The van der Waals surface area contributed by atoms with Gasteiger partial charge in [-0.2, -0.15) is 0 Å². The third-order valence-electron chi connectivity index (χ3n) is 4.13. The highest BCUT2D eigenvalue weighted by Crippen LogP contribution is 2.34. The zero-order chi connectivity index (χ0) is 21.2. The van der Waals surface area contributed by atoms with Crippen LogP contribution in [0.3, 0.4) is 0 Å². The van der Waals surface area contributed by atoms with Gasteiger partial charge < -0.3 is 31.9 Å². The van der Waals surface area contributed by atoms with Gasteiger partial charge in [-0.1, -0.05) is 0 Å². The van der Waals surface area contributed by atoms with E-state index in [4.69, 9.17) is 11.5 Å². The first kappa shape index (κ1) is 20.6. The minimum absolute atomic E-state index is 0.0979. The fourth-order valence-corrected chi connectivity index (χ4v) is 2.93. The molecule has 0 aliphatic rings. The van der Waals surface area contributed by atoms with Crippen molar-refractivity contribution < 1.29 is 29.4 Å². The molecule has 10 nitrogen and oxygen atoms in total. The molecule has 0 saturated carbocycles. The Balaban J connectivity index is 3.00. The number of benzene rings is 2. The first-order valence-corrected chi connectivity index (χ1v) is 8.14. The van der Waals surface area contributed by atoms with Crippen LogP contribution in [0.25, 0.3) is 10.8 Å². The van der Waals surface area contributed by atoms with Crippen LogP contribution in [0, 0.1) is 0 Å². The lowest BCUT2D eigenvalue weighted by atomic mass is 9.89. The summed E-state index contributed by atoms with van der Waals surface area (Å²) in [4.78, 5) is 49.4. The molecule has 0 saturated heterocycles. The highest BCUT2D eigenvalue weighted by atomic mass is 16.4. The lowest BCUT2D eigenvalue weighted by molar-refractivity contribution is 0.0684. The Labute approximate surface area is 159 Å². The lowest BCUT2D eigenvalue weighted by Gasteiger charge is -2.19. The molecule has 0 radical (unpaired) electrons. The summed E-state index contributed by atoms with van der Waals surface area (Å²) in [5.41, 5.74) is 9.82. The van der Waals surface area contributed by atoms with Crippen LogP contribution in [0.15, 0.2) is 18.2 Å². The van der Waals surface area contributed by atoms with E-state index in [0.29, 0.717) is 13.1 Å². The number of carboxylic acids is 2. The molecular weight excluding hydrogens is 368 g/mol. The predicted octanol–water partition coefficient (Wildman–Crippen LogP) is 0.408. The van der Waals surface area contributed by atoms with Gasteiger partial charge in [-0.3, -0.25) is 9.59 Å². The van der Waals surface area contributed by atoms with Crippen molar-refractivity contribution in [3.8, 4) is 0 Å². The van der Waals surface area contributed by atoms with Crippen molar-refractivity contribution in [3.63, 3.8) is 0 Å². The van der Waals surface area contributed by atoms with E-state index in [0.717, 1.165) is 12.1 Å². The van der Waals surface area contributed by atoms with Crippen molar-refractivity contribution in [2.75, 3.05) is 32.5 Å². The third kappa shape index (κ3) is 3.86. The van der Waals surface area contributed by atoms with Gasteiger partial charge >= 0.3 is 11.9 Å². The van der Waals surface area contributed by atoms with E-state index in [9.17, 15) is 29.4 Å². The minimum Gasteiger partial charge on any atom is -0.478 e. The molecule has 10 heteroatoms. The number of nitrogens with one attached hydrogen (secondary N) is 1. The molecule has 2 aromatic carbocycles. The molecule has 0 aliphatic heterocycles. The van der Waals surface area contributed by atoms with Crippen molar-refractivity contribution in [2.45, 2.75) is 0 Å². The van der Waals surface area contributed by atoms with E-state index in [1.54, 1.807) is 0 Å². The molecule has 0 aliphatic carbocycles. The smallest absolute Gasteiger partial charge is 0.336 e. The normalized spacial score (nSPS) is 10.8. The standard InChI is InChI=1S/C18H20N4O6/c1-22(2)6-5-21-11-7-10(15(19)23)12-8(17(25)26)3-4-9(18(27)28)13(12)14(11)16(20)24/h3-4,7,21H,5-6H2,1-2H3,(H2,19,23)(H2,20,24)(H,25,26)(H,27,28). The molecule has 148 valence electrons. The number of likely N-dealkylation sites (N-methyl/N-ethyl adjacent to an activating group) is 1. The average molecular weight is 388 g/mol. The van der Waals surface area contributed by atoms with Crippen LogP contribution in [0.5, 0.6) is 0 Å². The maximum atomic E-state index is 12.2. The van der Waals surface area contributed by atoms with Crippen LogP contribution in [0.2, 0.25) is 0 Å². The zero-order valence-corrected chi connectivity index (χ0v) is 15.3. The Morgan fingerprint density at radius 1 is 0.929 bits per heavy atom. The first-order chi connectivity index (χ1) is 13.1. The summed E-state index contributed by atoms with van der Waals surface area (Å²) >= 11 is 0. The fourth-order valence-electron chi connectivity index (χ4n) is 2.93. The molecule has 2 aromatic rings. The van der Waals surface area contributed by atoms with Crippen LogP contribution in [0.1, 0.15) is 41.4 Å². The molecular formula is C18H20N4O6. The Bertz CT molecular complexity index is 999.